The predicted molar refractivity (Wildman–Crippen MR) is 84.3 cm³/mol. The molecular formula is C17H17ClN2O. The van der Waals surface area contributed by atoms with Gasteiger partial charge in [-0.05, 0) is 41.3 Å². The van der Waals surface area contributed by atoms with E-state index in [1.807, 2.05) is 6.92 Å². The summed E-state index contributed by atoms with van der Waals surface area (Å²) in [6, 6.07) is 11.7. The Balaban J connectivity index is 1.70. The van der Waals surface area contributed by atoms with Crippen LogP contribution in [0.3, 0.4) is 0 Å². The molecule has 0 atom stereocenters. The fourth-order valence-electron chi connectivity index (χ4n) is 2.59. The summed E-state index contributed by atoms with van der Waals surface area (Å²) in [7, 11) is 0. The van der Waals surface area contributed by atoms with E-state index in [0.29, 0.717) is 17.1 Å². The summed E-state index contributed by atoms with van der Waals surface area (Å²) < 4.78 is 0. The maximum absolute atomic E-state index is 12.2. The number of hydrogen-bond acceptors (Lipinski definition) is 2. The topological polar surface area (TPSA) is 41.1 Å². The molecule has 0 bridgehead atoms. The van der Waals surface area contributed by atoms with Crippen LogP contribution in [0.4, 0.5) is 0 Å². The van der Waals surface area contributed by atoms with Crippen LogP contribution in [0.5, 0.6) is 0 Å². The zero-order valence-corrected chi connectivity index (χ0v) is 12.6. The van der Waals surface area contributed by atoms with Crippen molar-refractivity contribution in [3.05, 3.63) is 69.2 Å². The quantitative estimate of drug-likeness (QED) is 0.914. The average molecular weight is 301 g/mol. The highest BCUT2D eigenvalue weighted by molar-refractivity contribution is 6.31. The molecule has 1 aliphatic heterocycles. The fourth-order valence-corrected chi connectivity index (χ4v) is 2.76. The van der Waals surface area contributed by atoms with E-state index in [1.165, 1.54) is 11.1 Å². The van der Waals surface area contributed by atoms with Gasteiger partial charge in [-0.1, -0.05) is 35.9 Å². The van der Waals surface area contributed by atoms with Crippen LogP contribution in [-0.4, -0.2) is 5.91 Å². The number of carbonyl (C=O) groups is 1. The molecule has 1 heterocycles. The number of nitrogens with one attached hydrogen (secondary N) is 2. The standard InChI is InChI=1S/C17H17ClN2O/c1-11-15(3-2-4-16(11)18)17(21)20-8-12-5-6-13-9-19-10-14(13)7-12/h2-7,19H,8-10H2,1H3,(H,20,21). The van der Waals surface area contributed by atoms with Gasteiger partial charge in [-0.2, -0.15) is 0 Å². The molecule has 21 heavy (non-hydrogen) atoms. The van der Waals surface area contributed by atoms with Crippen molar-refractivity contribution in [1.29, 1.82) is 0 Å². The largest absolute Gasteiger partial charge is 0.348 e. The first-order chi connectivity index (χ1) is 10.1. The van der Waals surface area contributed by atoms with E-state index in [4.69, 9.17) is 11.6 Å². The Kier molecular flexibility index (Phi) is 3.95. The second kappa shape index (κ2) is 5.88. The number of amides is 1. The number of halogens is 1. The van der Waals surface area contributed by atoms with Crippen molar-refractivity contribution in [2.45, 2.75) is 26.6 Å². The molecule has 108 valence electrons. The van der Waals surface area contributed by atoms with Crippen molar-refractivity contribution in [2.75, 3.05) is 0 Å². The van der Waals surface area contributed by atoms with Gasteiger partial charge in [0.2, 0.25) is 0 Å². The van der Waals surface area contributed by atoms with E-state index in [0.717, 1.165) is 24.2 Å². The Morgan fingerprint density at radius 3 is 2.90 bits per heavy atom. The molecule has 1 amide bonds. The summed E-state index contributed by atoms with van der Waals surface area (Å²) in [5.41, 5.74) is 5.22. The highest BCUT2D eigenvalue weighted by atomic mass is 35.5. The highest BCUT2D eigenvalue weighted by Crippen LogP contribution is 2.19. The molecule has 0 radical (unpaired) electrons. The van der Waals surface area contributed by atoms with E-state index < -0.39 is 0 Å². The van der Waals surface area contributed by atoms with E-state index in [9.17, 15) is 4.79 Å². The normalized spacial score (nSPS) is 13.0. The molecule has 3 rings (SSSR count). The Morgan fingerprint density at radius 2 is 2.05 bits per heavy atom. The van der Waals surface area contributed by atoms with Crippen molar-refractivity contribution in [3.63, 3.8) is 0 Å². The van der Waals surface area contributed by atoms with Gasteiger partial charge >= 0.3 is 0 Å². The van der Waals surface area contributed by atoms with Gasteiger partial charge in [0, 0.05) is 30.2 Å². The van der Waals surface area contributed by atoms with Crippen molar-refractivity contribution in [3.8, 4) is 0 Å². The number of fused-ring (bicyclic) bond motifs is 1. The van der Waals surface area contributed by atoms with Crippen LogP contribution in [0.2, 0.25) is 5.02 Å². The number of carbonyl (C=O) groups excluding carboxylic acids is 1. The smallest absolute Gasteiger partial charge is 0.251 e. The van der Waals surface area contributed by atoms with Crippen LogP contribution in [0.15, 0.2) is 36.4 Å². The summed E-state index contributed by atoms with van der Waals surface area (Å²) >= 11 is 6.05. The van der Waals surface area contributed by atoms with Gasteiger partial charge in [-0.25, -0.2) is 0 Å². The van der Waals surface area contributed by atoms with Gasteiger partial charge in [0.1, 0.15) is 0 Å². The van der Waals surface area contributed by atoms with Crippen molar-refractivity contribution < 1.29 is 4.79 Å². The predicted octanol–water partition coefficient (Wildman–Crippen LogP) is 3.18. The molecule has 0 fully saturated rings. The third kappa shape index (κ3) is 2.94. The second-order valence-corrected chi connectivity index (χ2v) is 5.71. The van der Waals surface area contributed by atoms with Gasteiger partial charge in [-0.3, -0.25) is 4.79 Å². The molecule has 0 aliphatic carbocycles. The number of benzene rings is 2. The molecule has 2 aromatic rings. The van der Waals surface area contributed by atoms with Gasteiger partial charge in [0.15, 0.2) is 0 Å². The molecular weight excluding hydrogens is 284 g/mol. The van der Waals surface area contributed by atoms with Crippen molar-refractivity contribution in [1.82, 2.24) is 10.6 Å². The average Bonchev–Trinajstić information content (AvgIpc) is 2.95. The van der Waals surface area contributed by atoms with E-state index in [1.54, 1.807) is 18.2 Å². The summed E-state index contributed by atoms with van der Waals surface area (Å²) in [5.74, 6) is -0.0892. The molecule has 0 saturated carbocycles. The van der Waals surface area contributed by atoms with E-state index in [2.05, 4.69) is 28.8 Å². The van der Waals surface area contributed by atoms with Crippen LogP contribution in [0.1, 0.15) is 32.6 Å². The monoisotopic (exact) mass is 300 g/mol. The van der Waals surface area contributed by atoms with Crippen LogP contribution in [0.25, 0.3) is 0 Å². The first-order valence-corrected chi connectivity index (χ1v) is 7.37. The van der Waals surface area contributed by atoms with Crippen LogP contribution < -0.4 is 10.6 Å². The molecule has 0 saturated heterocycles. The Labute approximate surface area is 129 Å². The maximum atomic E-state index is 12.2. The Bertz CT molecular complexity index is 697. The lowest BCUT2D eigenvalue weighted by Crippen LogP contribution is -2.23. The van der Waals surface area contributed by atoms with Gasteiger partial charge in [0.05, 0.1) is 0 Å². The van der Waals surface area contributed by atoms with Gasteiger partial charge in [-0.15, -0.1) is 0 Å². The van der Waals surface area contributed by atoms with Gasteiger partial charge in [0.25, 0.3) is 5.91 Å². The van der Waals surface area contributed by atoms with Crippen molar-refractivity contribution >= 4 is 17.5 Å². The van der Waals surface area contributed by atoms with E-state index >= 15 is 0 Å². The van der Waals surface area contributed by atoms with Crippen LogP contribution >= 0.6 is 11.6 Å². The highest BCUT2D eigenvalue weighted by Gasteiger charge is 2.12. The zero-order valence-electron chi connectivity index (χ0n) is 11.9. The molecule has 1 aliphatic rings. The van der Waals surface area contributed by atoms with Crippen molar-refractivity contribution in [2.24, 2.45) is 0 Å². The minimum Gasteiger partial charge on any atom is -0.348 e. The lowest BCUT2D eigenvalue weighted by molar-refractivity contribution is 0.0950. The molecule has 2 aromatic carbocycles. The lowest BCUT2D eigenvalue weighted by atomic mass is 10.1. The summed E-state index contributed by atoms with van der Waals surface area (Å²) in [6.07, 6.45) is 0. The summed E-state index contributed by atoms with van der Waals surface area (Å²) in [6.45, 7) is 4.23. The Hall–Kier alpha value is -1.84. The SMILES string of the molecule is Cc1c(Cl)cccc1C(=O)NCc1ccc2c(c1)CNC2. The van der Waals surface area contributed by atoms with E-state index in [-0.39, 0.29) is 5.91 Å². The van der Waals surface area contributed by atoms with Crippen LogP contribution in [-0.2, 0) is 19.6 Å². The first kappa shape index (κ1) is 14.1. The summed E-state index contributed by atoms with van der Waals surface area (Å²) in [4.78, 5) is 12.2. The second-order valence-electron chi connectivity index (χ2n) is 5.30. The minimum atomic E-state index is -0.0892. The first-order valence-electron chi connectivity index (χ1n) is 7.00. The van der Waals surface area contributed by atoms with Gasteiger partial charge < -0.3 is 10.6 Å². The molecule has 0 aromatic heterocycles. The third-order valence-electron chi connectivity index (χ3n) is 3.87. The molecule has 0 spiro atoms. The molecule has 3 nitrogen and oxygen atoms in total. The lowest BCUT2D eigenvalue weighted by Gasteiger charge is -2.09. The molecule has 2 N–H and O–H groups in total. The summed E-state index contributed by atoms with van der Waals surface area (Å²) in [5, 5.41) is 6.89. The number of rotatable bonds is 3. The zero-order chi connectivity index (χ0) is 14.8. The Morgan fingerprint density at radius 1 is 1.24 bits per heavy atom. The number of hydrogen-bond donors (Lipinski definition) is 2. The minimum absolute atomic E-state index is 0.0892. The van der Waals surface area contributed by atoms with Crippen LogP contribution in [0, 0.1) is 6.92 Å². The molecule has 0 unspecified atom stereocenters. The maximum Gasteiger partial charge on any atom is 0.251 e. The molecule has 4 heteroatoms. The fraction of sp³-hybridized carbons (Fsp3) is 0.235. The third-order valence-corrected chi connectivity index (χ3v) is 4.28.